The van der Waals surface area contributed by atoms with E-state index in [1.807, 2.05) is 0 Å². The molecule has 2 atom stereocenters. The van der Waals surface area contributed by atoms with Gasteiger partial charge in [0.15, 0.2) is 0 Å². The number of carbonyl (C=O) groups is 2. The van der Waals surface area contributed by atoms with Gasteiger partial charge in [0.1, 0.15) is 0 Å². The Hall–Kier alpha value is -1.92. The Kier molecular flexibility index (Phi) is 4.36. The molecule has 0 spiro atoms. The number of β-amino-alcohol motifs (C(OH)–C–C–N with tert-alkyl or cyclic N) is 1. The minimum atomic E-state index is -0.496. The number of rotatable bonds is 3. The maximum absolute atomic E-state index is 12.1. The molecule has 20 heavy (non-hydrogen) atoms. The van der Waals surface area contributed by atoms with Gasteiger partial charge in [-0.25, -0.2) is 0 Å². The van der Waals surface area contributed by atoms with E-state index in [4.69, 9.17) is 0 Å². The van der Waals surface area contributed by atoms with E-state index < -0.39 is 12.1 Å². The van der Waals surface area contributed by atoms with Crippen LogP contribution in [-0.2, 0) is 4.79 Å². The summed E-state index contributed by atoms with van der Waals surface area (Å²) in [5.41, 5.74) is 0.934. The maximum atomic E-state index is 12.1. The predicted octanol–water partition coefficient (Wildman–Crippen LogP) is 0.0497. The molecule has 3 N–H and O–H groups in total. The first-order valence-electron chi connectivity index (χ1n) is 6.52. The standard InChI is InChI=1S/C14H19N3O3/c1-17(2)14(20)10-5-3-4-6-11(10)16-13(19)12-7-9(18)8-15-12/h3-6,9,12,15,18H,7-8H2,1-2H3,(H,16,19). The number of nitrogens with zero attached hydrogens (tertiary/aromatic N) is 1. The van der Waals surface area contributed by atoms with E-state index in [1.165, 1.54) is 4.90 Å². The van der Waals surface area contributed by atoms with Gasteiger partial charge < -0.3 is 20.6 Å². The van der Waals surface area contributed by atoms with Crippen molar-refractivity contribution in [3.05, 3.63) is 29.8 Å². The van der Waals surface area contributed by atoms with E-state index in [2.05, 4.69) is 10.6 Å². The van der Waals surface area contributed by atoms with E-state index in [0.29, 0.717) is 24.2 Å². The summed E-state index contributed by atoms with van der Waals surface area (Å²) >= 11 is 0. The van der Waals surface area contributed by atoms with Gasteiger partial charge in [0.25, 0.3) is 5.91 Å². The van der Waals surface area contributed by atoms with Crippen LogP contribution in [-0.4, -0.2) is 54.6 Å². The van der Waals surface area contributed by atoms with E-state index in [1.54, 1.807) is 38.4 Å². The molecule has 2 rings (SSSR count). The van der Waals surface area contributed by atoms with Crippen LogP contribution in [0.3, 0.4) is 0 Å². The van der Waals surface area contributed by atoms with Crippen LogP contribution in [0.2, 0.25) is 0 Å². The molecule has 1 heterocycles. The van der Waals surface area contributed by atoms with E-state index >= 15 is 0 Å². The molecule has 1 saturated heterocycles. The SMILES string of the molecule is CN(C)C(=O)c1ccccc1NC(=O)C1CC(O)CN1. The zero-order valence-electron chi connectivity index (χ0n) is 11.6. The summed E-state index contributed by atoms with van der Waals surface area (Å²) in [4.78, 5) is 25.6. The molecule has 1 aliphatic heterocycles. The molecule has 0 aromatic heterocycles. The van der Waals surface area contributed by atoms with Crippen molar-refractivity contribution in [2.75, 3.05) is 26.0 Å². The molecule has 0 radical (unpaired) electrons. The fourth-order valence-corrected chi connectivity index (χ4v) is 2.16. The second kappa shape index (κ2) is 6.02. The van der Waals surface area contributed by atoms with Gasteiger partial charge in [-0.1, -0.05) is 12.1 Å². The van der Waals surface area contributed by atoms with Gasteiger partial charge in [-0.2, -0.15) is 0 Å². The number of para-hydroxylation sites is 1. The van der Waals surface area contributed by atoms with Gasteiger partial charge >= 0.3 is 0 Å². The van der Waals surface area contributed by atoms with Crippen LogP contribution in [0.15, 0.2) is 24.3 Å². The minimum Gasteiger partial charge on any atom is -0.392 e. The lowest BCUT2D eigenvalue weighted by molar-refractivity contribution is -0.117. The number of hydrogen-bond acceptors (Lipinski definition) is 4. The molecule has 108 valence electrons. The summed E-state index contributed by atoms with van der Waals surface area (Å²) in [7, 11) is 3.33. The Morgan fingerprint density at radius 3 is 2.65 bits per heavy atom. The van der Waals surface area contributed by atoms with Crippen LogP contribution < -0.4 is 10.6 Å². The molecule has 0 aliphatic carbocycles. The Balaban J connectivity index is 2.13. The summed E-state index contributed by atoms with van der Waals surface area (Å²) < 4.78 is 0. The van der Waals surface area contributed by atoms with E-state index in [9.17, 15) is 14.7 Å². The molecule has 0 bridgehead atoms. The number of nitrogens with one attached hydrogen (secondary N) is 2. The van der Waals surface area contributed by atoms with Gasteiger partial charge in [-0.05, 0) is 18.6 Å². The second-order valence-corrected chi connectivity index (χ2v) is 5.08. The first-order valence-corrected chi connectivity index (χ1v) is 6.52. The number of benzene rings is 1. The summed E-state index contributed by atoms with van der Waals surface area (Å²) in [5.74, 6) is -0.402. The predicted molar refractivity (Wildman–Crippen MR) is 75.5 cm³/mol. The molecule has 0 saturated carbocycles. The van der Waals surface area contributed by atoms with E-state index in [-0.39, 0.29) is 11.8 Å². The highest BCUT2D eigenvalue weighted by Crippen LogP contribution is 2.18. The highest BCUT2D eigenvalue weighted by molar-refractivity contribution is 6.04. The smallest absolute Gasteiger partial charge is 0.255 e. The van der Waals surface area contributed by atoms with Crippen molar-refractivity contribution in [3.63, 3.8) is 0 Å². The van der Waals surface area contributed by atoms with Crippen LogP contribution in [0, 0.1) is 0 Å². The average Bonchev–Trinajstić information content (AvgIpc) is 2.85. The summed E-state index contributed by atoms with van der Waals surface area (Å²) in [5, 5.41) is 15.1. The Morgan fingerprint density at radius 2 is 2.05 bits per heavy atom. The number of aliphatic hydroxyl groups is 1. The molecule has 2 amide bonds. The van der Waals surface area contributed by atoms with Gasteiger partial charge in [0.05, 0.1) is 23.4 Å². The third kappa shape index (κ3) is 3.15. The number of hydrogen-bond donors (Lipinski definition) is 3. The molecular formula is C14H19N3O3. The number of carbonyl (C=O) groups excluding carboxylic acids is 2. The van der Waals surface area contributed by atoms with Gasteiger partial charge in [0.2, 0.25) is 5.91 Å². The maximum Gasteiger partial charge on any atom is 0.255 e. The van der Waals surface area contributed by atoms with Gasteiger partial charge in [-0.3, -0.25) is 9.59 Å². The largest absolute Gasteiger partial charge is 0.392 e. The normalized spacial score (nSPS) is 21.6. The van der Waals surface area contributed by atoms with Crippen molar-refractivity contribution in [3.8, 4) is 0 Å². The highest BCUT2D eigenvalue weighted by Gasteiger charge is 2.28. The third-order valence-electron chi connectivity index (χ3n) is 3.25. The van der Waals surface area contributed by atoms with Gasteiger partial charge in [-0.15, -0.1) is 0 Å². The number of amides is 2. The summed E-state index contributed by atoms with van der Waals surface area (Å²) in [6.45, 7) is 0.413. The summed E-state index contributed by atoms with van der Waals surface area (Å²) in [6, 6.07) is 6.46. The molecule has 1 aromatic rings. The first kappa shape index (κ1) is 14.5. The molecule has 6 heteroatoms. The Morgan fingerprint density at radius 1 is 1.35 bits per heavy atom. The minimum absolute atomic E-state index is 0.166. The number of aliphatic hydroxyl groups excluding tert-OH is 1. The number of anilines is 1. The van der Waals surface area contributed by atoms with Crippen LogP contribution in [0.4, 0.5) is 5.69 Å². The van der Waals surface area contributed by atoms with Crippen LogP contribution >= 0.6 is 0 Å². The third-order valence-corrected chi connectivity index (χ3v) is 3.25. The zero-order valence-corrected chi connectivity index (χ0v) is 11.6. The Bertz CT molecular complexity index is 516. The van der Waals surface area contributed by atoms with E-state index in [0.717, 1.165) is 0 Å². The van der Waals surface area contributed by atoms with Crippen molar-refractivity contribution in [1.29, 1.82) is 0 Å². The fourth-order valence-electron chi connectivity index (χ4n) is 2.16. The van der Waals surface area contributed by atoms with Crippen molar-refractivity contribution >= 4 is 17.5 Å². The first-order chi connectivity index (χ1) is 9.49. The topological polar surface area (TPSA) is 81.7 Å². The zero-order chi connectivity index (χ0) is 14.7. The Labute approximate surface area is 117 Å². The summed E-state index contributed by atoms with van der Waals surface area (Å²) in [6.07, 6.45) is -0.111. The van der Waals surface area contributed by atoms with Crippen molar-refractivity contribution < 1.29 is 14.7 Å². The van der Waals surface area contributed by atoms with Crippen molar-refractivity contribution in [1.82, 2.24) is 10.2 Å². The van der Waals surface area contributed by atoms with Crippen molar-refractivity contribution in [2.24, 2.45) is 0 Å². The highest BCUT2D eigenvalue weighted by atomic mass is 16.3. The van der Waals surface area contributed by atoms with Crippen LogP contribution in [0.1, 0.15) is 16.8 Å². The lowest BCUT2D eigenvalue weighted by atomic mass is 10.1. The molecular weight excluding hydrogens is 258 g/mol. The molecule has 2 unspecified atom stereocenters. The average molecular weight is 277 g/mol. The van der Waals surface area contributed by atoms with Crippen LogP contribution in [0.25, 0.3) is 0 Å². The van der Waals surface area contributed by atoms with Crippen molar-refractivity contribution in [2.45, 2.75) is 18.6 Å². The molecule has 1 aliphatic rings. The fraction of sp³-hybridized carbons (Fsp3) is 0.429. The molecule has 1 aromatic carbocycles. The monoisotopic (exact) mass is 277 g/mol. The lowest BCUT2D eigenvalue weighted by Crippen LogP contribution is -2.36. The quantitative estimate of drug-likeness (QED) is 0.729. The van der Waals surface area contributed by atoms with Gasteiger partial charge in [0, 0.05) is 20.6 Å². The lowest BCUT2D eigenvalue weighted by Gasteiger charge is -2.16. The molecule has 6 nitrogen and oxygen atoms in total. The van der Waals surface area contributed by atoms with Crippen LogP contribution in [0.5, 0.6) is 0 Å². The second-order valence-electron chi connectivity index (χ2n) is 5.08. The molecule has 1 fully saturated rings.